The molecule has 1 aliphatic rings. The second kappa shape index (κ2) is 5.14. The molecule has 0 bridgehead atoms. The predicted octanol–water partition coefficient (Wildman–Crippen LogP) is 1.23. The highest BCUT2D eigenvalue weighted by atomic mass is 16.2. The fourth-order valence-corrected chi connectivity index (χ4v) is 1.16. The third kappa shape index (κ3) is 4.32. The number of hydrogen-bond donors (Lipinski definition) is 2. The Labute approximate surface area is 90.8 Å². The fourth-order valence-electron chi connectivity index (χ4n) is 1.16. The second-order valence-corrected chi connectivity index (χ2v) is 4.74. The smallest absolute Gasteiger partial charge is 0.241 e. The van der Waals surface area contributed by atoms with Crippen molar-refractivity contribution >= 4 is 11.8 Å². The summed E-state index contributed by atoms with van der Waals surface area (Å²) in [4.78, 5) is 22.6. The zero-order valence-electron chi connectivity index (χ0n) is 9.67. The largest absolute Gasteiger partial charge is 0.273 e. The van der Waals surface area contributed by atoms with Crippen molar-refractivity contribution in [1.29, 1.82) is 0 Å². The molecule has 0 aromatic carbocycles. The van der Waals surface area contributed by atoms with Crippen molar-refractivity contribution in [3.05, 3.63) is 0 Å². The predicted molar refractivity (Wildman–Crippen MR) is 57.6 cm³/mol. The summed E-state index contributed by atoms with van der Waals surface area (Å²) < 4.78 is 0. The molecule has 2 N–H and O–H groups in total. The number of hydrazine groups is 1. The molecule has 1 aliphatic carbocycles. The zero-order valence-corrected chi connectivity index (χ0v) is 9.67. The van der Waals surface area contributed by atoms with E-state index < -0.39 is 0 Å². The summed E-state index contributed by atoms with van der Waals surface area (Å²) in [5.74, 6) is 0.788. The van der Waals surface area contributed by atoms with Gasteiger partial charge in [-0.15, -0.1) is 0 Å². The summed E-state index contributed by atoms with van der Waals surface area (Å²) in [5, 5.41) is 0. The molecular weight excluding hydrogens is 192 g/mol. The van der Waals surface area contributed by atoms with Crippen LogP contribution in [0.15, 0.2) is 0 Å². The van der Waals surface area contributed by atoms with Crippen LogP contribution in [0.1, 0.15) is 40.0 Å². The van der Waals surface area contributed by atoms with Crippen LogP contribution in [-0.2, 0) is 9.59 Å². The van der Waals surface area contributed by atoms with Gasteiger partial charge in [-0.05, 0) is 24.7 Å². The van der Waals surface area contributed by atoms with Crippen LogP contribution in [-0.4, -0.2) is 11.8 Å². The first-order valence-corrected chi connectivity index (χ1v) is 5.59. The summed E-state index contributed by atoms with van der Waals surface area (Å²) in [5.41, 5.74) is 4.90. The molecule has 0 aromatic heterocycles. The number of carbonyl (C=O) groups is 2. The van der Waals surface area contributed by atoms with Crippen molar-refractivity contribution in [1.82, 2.24) is 10.9 Å². The summed E-state index contributed by atoms with van der Waals surface area (Å²) >= 11 is 0. The molecule has 4 heteroatoms. The van der Waals surface area contributed by atoms with E-state index in [-0.39, 0.29) is 17.7 Å². The van der Waals surface area contributed by atoms with Gasteiger partial charge in [0.15, 0.2) is 0 Å². The highest BCUT2D eigenvalue weighted by Gasteiger charge is 2.29. The van der Waals surface area contributed by atoms with Gasteiger partial charge in [0.05, 0.1) is 0 Å². The topological polar surface area (TPSA) is 58.2 Å². The third-order valence-electron chi connectivity index (χ3n) is 2.92. The summed E-state index contributed by atoms with van der Waals surface area (Å²) in [6.07, 6.45) is 2.36. The minimum atomic E-state index is -0.106. The molecule has 0 aromatic rings. The van der Waals surface area contributed by atoms with Crippen LogP contribution in [0.5, 0.6) is 0 Å². The minimum absolute atomic E-state index is 0.0550. The molecule has 1 atom stereocenters. The molecule has 0 radical (unpaired) electrons. The molecule has 86 valence electrons. The first-order valence-electron chi connectivity index (χ1n) is 5.59. The van der Waals surface area contributed by atoms with Crippen molar-refractivity contribution in [3.63, 3.8) is 0 Å². The minimum Gasteiger partial charge on any atom is -0.273 e. The van der Waals surface area contributed by atoms with Gasteiger partial charge in [-0.3, -0.25) is 20.4 Å². The fraction of sp³-hybridized carbons (Fsp3) is 0.818. The SMILES string of the molecule is CC(C)[C@H](C)CC(=O)NNC(=O)C1CC1. The van der Waals surface area contributed by atoms with Gasteiger partial charge in [0.2, 0.25) is 11.8 Å². The number of rotatable bonds is 4. The molecular formula is C11H20N2O2. The molecule has 15 heavy (non-hydrogen) atoms. The number of carbonyl (C=O) groups excluding carboxylic acids is 2. The second-order valence-electron chi connectivity index (χ2n) is 4.74. The Morgan fingerprint density at radius 1 is 1.20 bits per heavy atom. The summed E-state index contributed by atoms with van der Waals surface area (Å²) in [6.45, 7) is 6.20. The maximum atomic E-state index is 11.4. The van der Waals surface area contributed by atoms with E-state index in [9.17, 15) is 9.59 Å². The third-order valence-corrected chi connectivity index (χ3v) is 2.92. The van der Waals surface area contributed by atoms with E-state index in [1.54, 1.807) is 0 Å². The van der Waals surface area contributed by atoms with Gasteiger partial charge in [-0.1, -0.05) is 20.8 Å². The highest BCUT2D eigenvalue weighted by Crippen LogP contribution is 2.28. The Kier molecular flexibility index (Phi) is 4.12. The van der Waals surface area contributed by atoms with Crippen LogP contribution >= 0.6 is 0 Å². The lowest BCUT2D eigenvalue weighted by molar-refractivity contribution is -0.130. The van der Waals surface area contributed by atoms with Crippen LogP contribution in [0.4, 0.5) is 0 Å². The Balaban J connectivity index is 2.15. The molecule has 2 amide bonds. The van der Waals surface area contributed by atoms with Gasteiger partial charge < -0.3 is 0 Å². The van der Waals surface area contributed by atoms with Crippen molar-refractivity contribution in [3.8, 4) is 0 Å². The van der Waals surface area contributed by atoms with Crippen LogP contribution in [0, 0.1) is 17.8 Å². The van der Waals surface area contributed by atoms with Crippen molar-refractivity contribution in [2.75, 3.05) is 0 Å². The van der Waals surface area contributed by atoms with Gasteiger partial charge in [0.25, 0.3) is 0 Å². The van der Waals surface area contributed by atoms with Crippen LogP contribution in [0.25, 0.3) is 0 Å². The van der Waals surface area contributed by atoms with E-state index >= 15 is 0 Å². The van der Waals surface area contributed by atoms with E-state index in [0.717, 1.165) is 12.8 Å². The molecule has 0 saturated heterocycles. The monoisotopic (exact) mass is 212 g/mol. The molecule has 1 rings (SSSR count). The van der Waals surface area contributed by atoms with E-state index in [1.165, 1.54) is 0 Å². The Morgan fingerprint density at radius 2 is 1.80 bits per heavy atom. The lowest BCUT2D eigenvalue weighted by Gasteiger charge is -2.15. The van der Waals surface area contributed by atoms with Gasteiger partial charge in [-0.2, -0.15) is 0 Å². The lowest BCUT2D eigenvalue weighted by atomic mass is 9.95. The quantitative estimate of drug-likeness (QED) is 0.688. The molecule has 4 nitrogen and oxygen atoms in total. The molecule has 0 aliphatic heterocycles. The molecule has 1 fully saturated rings. The standard InChI is InChI=1S/C11H20N2O2/c1-7(2)8(3)6-10(14)12-13-11(15)9-4-5-9/h7-9H,4-6H2,1-3H3,(H,12,14)(H,13,15)/t8-/m1/s1. The van der Waals surface area contributed by atoms with E-state index in [4.69, 9.17) is 0 Å². The Bertz CT molecular complexity index is 247. The normalized spacial score (nSPS) is 17.3. The molecule has 0 unspecified atom stereocenters. The average molecular weight is 212 g/mol. The Hall–Kier alpha value is -1.06. The molecule has 0 heterocycles. The molecule has 1 saturated carbocycles. The van der Waals surface area contributed by atoms with Gasteiger partial charge in [-0.25, -0.2) is 0 Å². The van der Waals surface area contributed by atoms with Crippen molar-refractivity contribution in [2.24, 2.45) is 17.8 Å². The first kappa shape index (κ1) is 12.0. The highest BCUT2D eigenvalue weighted by molar-refractivity contribution is 5.84. The van der Waals surface area contributed by atoms with E-state index in [2.05, 4.69) is 24.7 Å². The summed E-state index contributed by atoms with van der Waals surface area (Å²) in [7, 11) is 0. The average Bonchev–Trinajstić information content (AvgIpc) is 2.96. The first-order chi connectivity index (χ1) is 7.00. The van der Waals surface area contributed by atoms with Crippen molar-refractivity contribution in [2.45, 2.75) is 40.0 Å². The van der Waals surface area contributed by atoms with Crippen LogP contribution in [0.2, 0.25) is 0 Å². The maximum absolute atomic E-state index is 11.4. The zero-order chi connectivity index (χ0) is 11.4. The number of hydrogen-bond acceptors (Lipinski definition) is 2. The van der Waals surface area contributed by atoms with Gasteiger partial charge in [0, 0.05) is 12.3 Å². The maximum Gasteiger partial charge on any atom is 0.241 e. The van der Waals surface area contributed by atoms with Crippen molar-refractivity contribution < 1.29 is 9.59 Å². The van der Waals surface area contributed by atoms with E-state index in [1.807, 2.05) is 6.92 Å². The number of nitrogens with one attached hydrogen (secondary N) is 2. The van der Waals surface area contributed by atoms with Gasteiger partial charge >= 0.3 is 0 Å². The lowest BCUT2D eigenvalue weighted by Crippen LogP contribution is -2.43. The number of amides is 2. The van der Waals surface area contributed by atoms with Crippen LogP contribution in [0.3, 0.4) is 0 Å². The van der Waals surface area contributed by atoms with Gasteiger partial charge in [0.1, 0.15) is 0 Å². The Morgan fingerprint density at radius 3 is 2.27 bits per heavy atom. The summed E-state index contributed by atoms with van der Waals surface area (Å²) in [6, 6.07) is 0. The van der Waals surface area contributed by atoms with E-state index in [0.29, 0.717) is 18.3 Å². The molecule has 0 spiro atoms. The van der Waals surface area contributed by atoms with Crippen LogP contribution < -0.4 is 10.9 Å².